The van der Waals surface area contributed by atoms with Gasteiger partial charge in [0.1, 0.15) is 0 Å². The first-order chi connectivity index (χ1) is 25.4. The summed E-state index contributed by atoms with van der Waals surface area (Å²) in [6, 6.07) is 60.1. The number of aromatic nitrogens is 2. The summed E-state index contributed by atoms with van der Waals surface area (Å²) < 4.78 is 4.95. The number of benzene rings is 7. The maximum absolute atomic E-state index is 2.53. The third-order valence-electron chi connectivity index (χ3n) is 11.0. The van der Waals surface area contributed by atoms with Gasteiger partial charge in [0, 0.05) is 50.0 Å². The summed E-state index contributed by atoms with van der Waals surface area (Å²) in [5, 5.41) is 5.15. The minimum Gasteiger partial charge on any atom is -0.333 e. The molecule has 2 aliphatic rings. The Morgan fingerprint density at radius 2 is 0.882 bits per heavy atom. The fraction of sp³-hybridized carbons (Fsp3) is 0.0417. The zero-order valence-corrected chi connectivity index (χ0v) is 27.9. The molecule has 0 fully saturated rings. The Morgan fingerprint density at radius 1 is 0.373 bits per heavy atom. The molecule has 2 aromatic heterocycles. The van der Waals surface area contributed by atoms with E-state index in [0.29, 0.717) is 0 Å². The third kappa shape index (κ3) is 4.00. The van der Waals surface area contributed by atoms with Crippen molar-refractivity contribution < 1.29 is 0 Å². The molecular weight excluding hydrogens is 619 g/mol. The molecule has 240 valence electrons. The highest BCUT2D eigenvalue weighted by Gasteiger charge is 2.39. The van der Waals surface area contributed by atoms with Gasteiger partial charge in [-0.1, -0.05) is 133 Å². The molecule has 51 heavy (non-hydrogen) atoms. The van der Waals surface area contributed by atoms with Crippen LogP contribution >= 0.6 is 0 Å². The van der Waals surface area contributed by atoms with E-state index in [-0.39, 0.29) is 12.0 Å². The summed E-state index contributed by atoms with van der Waals surface area (Å²) in [6.07, 6.45) is 9.18. The van der Waals surface area contributed by atoms with E-state index in [4.69, 9.17) is 0 Å². The smallest absolute Gasteiger partial charge is 0.0629 e. The van der Waals surface area contributed by atoms with Crippen LogP contribution in [0, 0.1) is 0 Å². The highest BCUT2D eigenvalue weighted by molar-refractivity contribution is 6.14. The largest absolute Gasteiger partial charge is 0.333 e. The second-order valence-electron chi connectivity index (χ2n) is 13.6. The van der Waals surface area contributed by atoms with Crippen molar-refractivity contribution in [2.45, 2.75) is 12.0 Å². The molecule has 0 spiro atoms. The van der Waals surface area contributed by atoms with Crippen LogP contribution in [0.4, 0.5) is 11.4 Å². The standard InChI is InChI=1S/C48H33N3/c1-2-16-32(17-3-1)49-43-28-14-8-22-37(43)47-45(49)30-31-46-48(47)38-23-9-15-29-44(38)51(46)42-27-13-7-21-36(42)35-20-6-12-26-41(35)50-39-24-10-4-18-33(39)34-19-5-11-25-40(34)50/h1-31,37,43H. The lowest BCUT2D eigenvalue weighted by Crippen LogP contribution is -2.28. The van der Waals surface area contributed by atoms with Crippen LogP contribution in [-0.4, -0.2) is 15.2 Å². The highest BCUT2D eigenvalue weighted by Crippen LogP contribution is 2.53. The summed E-state index contributed by atoms with van der Waals surface area (Å²) >= 11 is 0. The maximum Gasteiger partial charge on any atom is 0.0629 e. The van der Waals surface area contributed by atoms with Gasteiger partial charge < -0.3 is 14.0 Å². The van der Waals surface area contributed by atoms with E-state index in [1.165, 1.54) is 83.1 Å². The van der Waals surface area contributed by atoms with Gasteiger partial charge in [0.05, 0.1) is 39.5 Å². The summed E-state index contributed by atoms with van der Waals surface area (Å²) in [6.45, 7) is 0. The molecule has 7 aromatic carbocycles. The Bertz CT molecular complexity index is 2830. The fourth-order valence-corrected chi connectivity index (χ4v) is 9.03. The fourth-order valence-electron chi connectivity index (χ4n) is 9.03. The molecule has 0 saturated carbocycles. The van der Waals surface area contributed by atoms with Gasteiger partial charge in [-0.25, -0.2) is 0 Å². The molecular formula is C48H33N3. The first-order valence-corrected chi connectivity index (χ1v) is 17.8. The van der Waals surface area contributed by atoms with Gasteiger partial charge in [-0.3, -0.25) is 0 Å². The first-order valence-electron chi connectivity index (χ1n) is 17.8. The molecule has 2 unspecified atom stereocenters. The third-order valence-corrected chi connectivity index (χ3v) is 11.0. The van der Waals surface area contributed by atoms with Crippen molar-refractivity contribution in [1.82, 2.24) is 9.13 Å². The van der Waals surface area contributed by atoms with Crippen molar-refractivity contribution in [3.63, 3.8) is 0 Å². The molecule has 11 rings (SSSR count). The van der Waals surface area contributed by atoms with Crippen LogP contribution < -0.4 is 4.90 Å². The molecule has 1 aliphatic heterocycles. The normalized spacial score (nSPS) is 16.4. The topological polar surface area (TPSA) is 13.1 Å². The van der Waals surface area contributed by atoms with Gasteiger partial charge in [0.25, 0.3) is 0 Å². The molecule has 1 aliphatic carbocycles. The lowest BCUT2D eigenvalue weighted by molar-refractivity contribution is 0.747. The Labute approximate surface area is 296 Å². The van der Waals surface area contributed by atoms with E-state index in [9.17, 15) is 0 Å². The van der Waals surface area contributed by atoms with Gasteiger partial charge in [0.2, 0.25) is 0 Å². The monoisotopic (exact) mass is 651 g/mol. The molecule has 0 radical (unpaired) electrons. The molecule has 3 heterocycles. The lowest BCUT2D eigenvalue weighted by Gasteiger charge is -2.28. The van der Waals surface area contributed by atoms with Crippen LogP contribution in [0.15, 0.2) is 188 Å². The minimum atomic E-state index is 0.227. The number of anilines is 2. The number of nitrogens with zero attached hydrogens (tertiary/aromatic N) is 3. The van der Waals surface area contributed by atoms with E-state index in [1.54, 1.807) is 0 Å². The number of hydrogen-bond donors (Lipinski definition) is 0. The van der Waals surface area contributed by atoms with Crippen LogP contribution in [0.2, 0.25) is 0 Å². The van der Waals surface area contributed by atoms with E-state index >= 15 is 0 Å². The zero-order valence-electron chi connectivity index (χ0n) is 27.9. The van der Waals surface area contributed by atoms with E-state index in [2.05, 4.69) is 202 Å². The number of hydrogen-bond acceptors (Lipinski definition) is 1. The van der Waals surface area contributed by atoms with Crippen molar-refractivity contribution >= 4 is 55.0 Å². The summed E-state index contributed by atoms with van der Waals surface area (Å²) in [5.41, 5.74) is 13.5. The number of allylic oxidation sites excluding steroid dienone is 2. The van der Waals surface area contributed by atoms with Crippen LogP contribution in [0.5, 0.6) is 0 Å². The highest BCUT2D eigenvalue weighted by atomic mass is 15.2. The molecule has 0 saturated heterocycles. The summed E-state index contributed by atoms with van der Waals surface area (Å²) in [7, 11) is 0. The molecule has 9 aromatic rings. The Balaban J connectivity index is 1.19. The molecule has 0 bridgehead atoms. The zero-order chi connectivity index (χ0) is 33.5. The SMILES string of the molecule is C1=CC2c3c(ccc4c3c3ccccc3n4-c3ccccc3-c3ccccc3-n3c4ccccc4c4ccccc43)N(c3ccccc3)C2C=C1. The molecule has 2 atom stereocenters. The van der Waals surface area contributed by atoms with Crippen molar-refractivity contribution in [2.24, 2.45) is 0 Å². The van der Waals surface area contributed by atoms with Crippen molar-refractivity contribution in [3.05, 3.63) is 194 Å². The second kappa shape index (κ2) is 11.0. The average Bonchev–Trinajstić information content (AvgIpc) is 3.84. The summed E-state index contributed by atoms with van der Waals surface area (Å²) in [4.78, 5) is 2.53. The number of para-hydroxylation sites is 6. The molecule has 0 amide bonds. The molecule has 3 nitrogen and oxygen atoms in total. The van der Waals surface area contributed by atoms with Crippen LogP contribution in [0.1, 0.15) is 11.5 Å². The van der Waals surface area contributed by atoms with Crippen molar-refractivity contribution in [3.8, 4) is 22.5 Å². The average molecular weight is 652 g/mol. The predicted octanol–water partition coefficient (Wildman–Crippen LogP) is 12.3. The van der Waals surface area contributed by atoms with Gasteiger partial charge in [-0.05, 0) is 60.2 Å². The molecule has 0 N–H and O–H groups in total. The second-order valence-corrected chi connectivity index (χ2v) is 13.6. The molecule has 3 heteroatoms. The van der Waals surface area contributed by atoms with Crippen molar-refractivity contribution in [2.75, 3.05) is 4.90 Å². The van der Waals surface area contributed by atoms with Crippen LogP contribution in [0.25, 0.3) is 66.1 Å². The maximum atomic E-state index is 2.53. The Hall–Kier alpha value is -6.58. The van der Waals surface area contributed by atoms with E-state index in [0.717, 1.165) is 0 Å². The minimum absolute atomic E-state index is 0.227. The van der Waals surface area contributed by atoms with E-state index < -0.39 is 0 Å². The lowest BCUT2D eigenvalue weighted by atomic mass is 9.88. The predicted molar refractivity (Wildman–Crippen MR) is 214 cm³/mol. The summed E-state index contributed by atoms with van der Waals surface area (Å²) in [5.74, 6) is 0.249. The van der Waals surface area contributed by atoms with Gasteiger partial charge in [-0.15, -0.1) is 0 Å². The van der Waals surface area contributed by atoms with Gasteiger partial charge in [-0.2, -0.15) is 0 Å². The first kappa shape index (κ1) is 28.3. The Kier molecular flexibility index (Phi) is 6.08. The van der Waals surface area contributed by atoms with E-state index in [1.807, 2.05) is 0 Å². The van der Waals surface area contributed by atoms with Crippen molar-refractivity contribution in [1.29, 1.82) is 0 Å². The quantitative estimate of drug-likeness (QED) is 0.185. The number of fused-ring (bicyclic) bond motifs is 10. The van der Waals surface area contributed by atoms with Crippen LogP contribution in [-0.2, 0) is 0 Å². The number of rotatable bonds is 4. The van der Waals surface area contributed by atoms with Gasteiger partial charge in [0.15, 0.2) is 0 Å². The Morgan fingerprint density at radius 3 is 1.55 bits per heavy atom. The van der Waals surface area contributed by atoms with Gasteiger partial charge >= 0.3 is 0 Å². The van der Waals surface area contributed by atoms with Crippen LogP contribution in [0.3, 0.4) is 0 Å².